The van der Waals surface area contributed by atoms with Crippen LogP contribution in [0.25, 0.3) is 0 Å². The van der Waals surface area contributed by atoms with Gasteiger partial charge in [0.2, 0.25) is 0 Å². The normalized spacial score (nSPS) is 22.8. The maximum absolute atomic E-state index is 9.44. The first-order valence-corrected chi connectivity index (χ1v) is 7.64. The molecule has 0 radical (unpaired) electrons. The monoisotopic (exact) mass is 254 g/mol. The second kappa shape index (κ2) is 5.48. The zero-order chi connectivity index (χ0) is 11.5. The van der Waals surface area contributed by atoms with Gasteiger partial charge in [0.15, 0.2) is 0 Å². The van der Waals surface area contributed by atoms with Gasteiger partial charge in [-0.2, -0.15) is 11.8 Å². The van der Waals surface area contributed by atoms with Crippen LogP contribution < -0.4 is 0 Å². The van der Waals surface area contributed by atoms with Crippen molar-refractivity contribution in [3.8, 4) is 0 Å². The van der Waals surface area contributed by atoms with Crippen LogP contribution in [0.4, 0.5) is 0 Å². The van der Waals surface area contributed by atoms with Crippen molar-refractivity contribution in [1.29, 1.82) is 0 Å². The number of benzene rings is 1. The van der Waals surface area contributed by atoms with Crippen molar-refractivity contribution in [3.05, 3.63) is 29.8 Å². The van der Waals surface area contributed by atoms with Crippen LogP contribution in [0.15, 0.2) is 29.2 Å². The molecule has 0 amide bonds. The van der Waals surface area contributed by atoms with E-state index in [4.69, 9.17) is 0 Å². The van der Waals surface area contributed by atoms with Gasteiger partial charge in [0.25, 0.3) is 0 Å². The predicted molar refractivity (Wildman–Crippen MR) is 73.4 cm³/mol. The predicted octanol–water partition coefficient (Wildman–Crippen LogP) is 3.21. The summed E-state index contributed by atoms with van der Waals surface area (Å²) in [5, 5.41) is 10.5. The van der Waals surface area contributed by atoms with E-state index in [2.05, 4.69) is 31.2 Å². The topological polar surface area (TPSA) is 20.2 Å². The molecule has 1 nitrogen and oxygen atoms in total. The molecule has 16 heavy (non-hydrogen) atoms. The zero-order valence-electron chi connectivity index (χ0n) is 9.72. The van der Waals surface area contributed by atoms with Crippen LogP contribution in [0.2, 0.25) is 0 Å². The molecule has 0 saturated carbocycles. The van der Waals surface area contributed by atoms with Crippen molar-refractivity contribution in [2.45, 2.75) is 41.8 Å². The number of aliphatic hydroxyl groups excluding tert-OH is 1. The van der Waals surface area contributed by atoms with Crippen LogP contribution in [0, 0.1) is 0 Å². The number of fused-ring (bicyclic) bond motifs is 1. The Kier molecular flexibility index (Phi) is 4.22. The van der Waals surface area contributed by atoms with Gasteiger partial charge >= 0.3 is 0 Å². The summed E-state index contributed by atoms with van der Waals surface area (Å²) >= 11 is 3.87. The molecule has 1 aliphatic heterocycles. The summed E-state index contributed by atoms with van der Waals surface area (Å²) in [6, 6.07) is 8.67. The van der Waals surface area contributed by atoms with E-state index in [9.17, 15) is 5.11 Å². The van der Waals surface area contributed by atoms with Crippen LogP contribution in [-0.2, 0) is 6.42 Å². The molecular weight excluding hydrogens is 236 g/mol. The first-order chi connectivity index (χ1) is 7.66. The first-order valence-electron chi connectivity index (χ1n) is 5.71. The third-order valence-corrected chi connectivity index (χ3v) is 5.98. The summed E-state index contributed by atoms with van der Waals surface area (Å²) in [5.74, 6) is 1.13. The molecular formula is C13H18OS2. The van der Waals surface area contributed by atoms with Crippen LogP contribution in [0.3, 0.4) is 0 Å². The average Bonchev–Trinajstić information content (AvgIpc) is 2.68. The van der Waals surface area contributed by atoms with E-state index in [0.717, 1.165) is 5.75 Å². The molecule has 0 aliphatic carbocycles. The fourth-order valence-corrected chi connectivity index (χ4v) is 4.25. The van der Waals surface area contributed by atoms with E-state index in [-0.39, 0.29) is 6.10 Å². The Morgan fingerprint density at radius 3 is 2.88 bits per heavy atom. The van der Waals surface area contributed by atoms with Gasteiger partial charge < -0.3 is 5.11 Å². The van der Waals surface area contributed by atoms with E-state index in [1.807, 2.05) is 30.4 Å². The lowest BCUT2D eigenvalue weighted by Crippen LogP contribution is -2.18. The fourth-order valence-electron chi connectivity index (χ4n) is 1.75. The molecule has 1 aromatic rings. The molecule has 1 aliphatic rings. The maximum atomic E-state index is 9.44. The van der Waals surface area contributed by atoms with Gasteiger partial charge in [-0.1, -0.05) is 25.1 Å². The van der Waals surface area contributed by atoms with Gasteiger partial charge in [0.05, 0.1) is 6.10 Å². The van der Waals surface area contributed by atoms with Crippen molar-refractivity contribution in [1.82, 2.24) is 0 Å². The quantitative estimate of drug-likeness (QED) is 0.891. The van der Waals surface area contributed by atoms with Gasteiger partial charge in [-0.3, -0.25) is 0 Å². The van der Waals surface area contributed by atoms with Crippen molar-refractivity contribution >= 4 is 23.5 Å². The number of hydrogen-bond donors (Lipinski definition) is 1. The van der Waals surface area contributed by atoms with E-state index in [0.29, 0.717) is 10.5 Å². The second-order valence-electron chi connectivity index (χ2n) is 4.33. The minimum absolute atomic E-state index is 0.209. The van der Waals surface area contributed by atoms with Gasteiger partial charge in [-0.05, 0) is 25.0 Å². The maximum Gasteiger partial charge on any atom is 0.0627 e. The van der Waals surface area contributed by atoms with Gasteiger partial charge in [-0.25, -0.2) is 0 Å². The van der Waals surface area contributed by atoms with Crippen molar-refractivity contribution < 1.29 is 5.11 Å². The molecule has 0 bridgehead atoms. The summed E-state index contributed by atoms with van der Waals surface area (Å²) in [5.41, 5.74) is 1.49. The molecule has 1 aromatic carbocycles. The molecule has 3 atom stereocenters. The molecule has 0 fully saturated rings. The molecule has 0 aromatic heterocycles. The fraction of sp³-hybridized carbons (Fsp3) is 0.538. The second-order valence-corrected chi connectivity index (χ2v) is 7.08. The molecule has 2 rings (SSSR count). The van der Waals surface area contributed by atoms with Crippen LogP contribution in [0.1, 0.15) is 19.4 Å². The molecule has 88 valence electrons. The lowest BCUT2D eigenvalue weighted by molar-refractivity contribution is 0.196. The minimum Gasteiger partial charge on any atom is -0.392 e. The van der Waals surface area contributed by atoms with Crippen molar-refractivity contribution in [2.75, 3.05) is 5.75 Å². The molecule has 1 N–H and O–H groups in total. The minimum atomic E-state index is -0.209. The van der Waals surface area contributed by atoms with Crippen molar-refractivity contribution in [2.24, 2.45) is 0 Å². The van der Waals surface area contributed by atoms with E-state index in [1.54, 1.807) is 0 Å². The van der Waals surface area contributed by atoms with Crippen molar-refractivity contribution in [3.63, 3.8) is 0 Å². The third-order valence-electron chi connectivity index (χ3n) is 2.94. The lowest BCUT2D eigenvalue weighted by atomic mass is 10.1. The highest BCUT2D eigenvalue weighted by molar-refractivity contribution is 8.03. The number of aliphatic hydroxyl groups is 1. The Balaban J connectivity index is 1.83. The number of hydrogen-bond acceptors (Lipinski definition) is 3. The van der Waals surface area contributed by atoms with E-state index >= 15 is 0 Å². The molecule has 0 saturated heterocycles. The standard InChI is InChI=1S/C13H18OS2/c1-9(14)10(2)15-8-12-7-11-5-3-4-6-13(11)16-12/h3-6,9-10,12,14H,7-8H2,1-2H3. The first kappa shape index (κ1) is 12.3. The van der Waals surface area contributed by atoms with Crippen LogP contribution in [0.5, 0.6) is 0 Å². The van der Waals surface area contributed by atoms with Gasteiger partial charge in [-0.15, -0.1) is 11.8 Å². The summed E-state index contributed by atoms with van der Waals surface area (Å²) in [4.78, 5) is 1.44. The highest BCUT2D eigenvalue weighted by atomic mass is 32.2. The summed E-state index contributed by atoms with van der Waals surface area (Å²) in [6.45, 7) is 3.97. The van der Waals surface area contributed by atoms with Gasteiger partial charge in [0, 0.05) is 21.1 Å². The Hall–Kier alpha value is -0.120. The van der Waals surface area contributed by atoms with Crippen LogP contribution >= 0.6 is 23.5 Å². The smallest absolute Gasteiger partial charge is 0.0627 e. The molecule has 3 unspecified atom stereocenters. The SMILES string of the molecule is CC(O)C(C)SCC1Cc2ccccc2S1. The van der Waals surface area contributed by atoms with E-state index < -0.39 is 0 Å². The average molecular weight is 254 g/mol. The highest BCUT2D eigenvalue weighted by Crippen LogP contribution is 2.38. The summed E-state index contributed by atoms with van der Waals surface area (Å²) in [7, 11) is 0. The Morgan fingerprint density at radius 2 is 2.19 bits per heavy atom. The lowest BCUT2D eigenvalue weighted by Gasteiger charge is -2.16. The molecule has 3 heteroatoms. The Bertz CT molecular complexity index is 327. The number of thioether (sulfide) groups is 2. The summed E-state index contributed by atoms with van der Waals surface area (Å²) < 4.78 is 0. The highest BCUT2D eigenvalue weighted by Gasteiger charge is 2.22. The third kappa shape index (κ3) is 2.96. The Labute approximate surface area is 106 Å². The zero-order valence-corrected chi connectivity index (χ0v) is 11.4. The Morgan fingerprint density at radius 1 is 1.44 bits per heavy atom. The van der Waals surface area contributed by atoms with Crippen LogP contribution in [-0.4, -0.2) is 27.5 Å². The van der Waals surface area contributed by atoms with E-state index in [1.165, 1.54) is 16.9 Å². The van der Waals surface area contributed by atoms with Gasteiger partial charge in [0.1, 0.15) is 0 Å². The largest absolute Gasteiger partial charge is 0.392 e. The molecule has 0 spiro atoms. The molecule has 1 heterocycles. The number of rotatable bonds is 4. The summed E-state index contributed by atoms with van der Waals surface area (Å²) in [6.07, 6.45) is 0.971.